The summed E-state index contributed by atoms with van der Waals surface area (Å²) < 4.78 is 22.9. The topological polar surface area (TPSA) is 228 Å². The van der Waals surface area contributed by atoms with Crippen molar-refractivity contribution in [2.24, 2.45) is 0 Å². The van der Waals surface area contributed by atoms with Crippen LogP contribution in [0.15, 0.2) is 0 Å². The fourth-order valence-corrected chi connectivity index (χ4v) is 11.7. The first-order valence-corrected chi connectivity index (χ1v) is 33.8. The lowest BCUT2D eigenvalue weighted by Gasteiger charge is -2.46. The molecule has 79 heavy (non-hydrogen) atoms. The molecule has 0 aromatic carbocycles. The van der Waals surface area contributed by atoms with Gasteiger partial charge in [0.2, 0.25) is 5.91 Å². The Morgan fingerprint density at radius 1 is 0.405 bits per heavy atom. The molecule has 12 atom stereocenters. The van der Waals surface area contributed by atoms with Crippen molar-refractivity contribution < 1.29 is 64.6 Å². The van der Waals surface area contributed by atoms with Gasteiger partial charge < -0.3 is 65.1 Å². The monoisotopic (exact) mass is 1130 g/mol. The normalized spacial score (nSPS) is 24.3. The van der Waals surface area contributed by atoms with Gasteiger partial charge in [0, 0.05) is 6.42 Å². The van der Waals surface area contributed by atoms with E-state index in [1.54, 1.807) is 0 Å². The lowest BCUT2D eigenvalue weighted by molar-refractivity contribution is -0.359. The molecule has 2 fully saturated rings. The lowest BCUT2D eigenvalue weighted by atomic mass is 9.97. The van der Waals surface area contributed by atoms with Gasteiger partial charge in [0.05, 0.1) is 32.0 Å². The van der Waals surface area contributed by atoms with Crippen LogP contribution in [0.25, 0.3) is 0 Å². The van der Waals surface area contributed by atoms with Crippen molar-refractivity contribution in [1.82, 2.24) is 5.32 Å². The molecule has 14 nitrogen and oxygen atoms in total. The van der Waals surface area contributed by atoms with Gasteiger partial charge in [-0.25, -0.2) is 0 Å². The molecule has 0 bridgehead atoms. The highest BCUT2D eigenvalue weighted by atomic mass is 16.7. The fourth-order valence-electron chi connectivity index (χ4n) is 11.7. The maximum atomic E-state index is 13.3. The Kier molecular flexibility index (Phi) is 48.2. The minimum atomic E-state index is -1.78. The molecule has 2 aliphatic rings. The summed E-state index contributed by atoms with van der Waals surface area (Å²) in [5, 5.41) is 87.3. The van der Waals surface area contributed by atoms with Crippen molar-refractivity contribution in [2.75, 3.05) is 19.8 Å². The first-order chi connectivity index (χ1) is 38.6. The average Bonchev–Trinajstić information content (AvgIpc) is 3.54. The molecule has 0 spiro atoms. The Morgan fingerprint density at radius 3 is 1.08 bits per heavy atom. The van der Waals surface area contributed by atoms with Gasteiger partial charge in [-0.2, -0.15) is 0 Å². The van der Waals surface area contributed by atoms with Crippen molar-refractivity contribution in [3.8, 4) is 0 Å². The lowest BCUT2D eigenvalue weighted by Crippen LogP contribution is -2.65. The van der Waals surface area contributed by atoms with Gasteiger partial charge in [0.1, 0.15) is 48.8 Å². The van der Waals surface area contributed by atoms with E-state index in [0.29, 0.717) is 12.8 Å². The summed E-state index contributed by atoms with van der Waals surface area (Å²) in [6.45, 7) is 2.90. The third-order valence-electron chi connectivity index (χ3n) is 17.1. The Balaban J connectivity index is 1.60. The number of carbonyl (C=O) groups is 1. The summed E-state index contributed by atoms with van der Waals surface area (Å²) in [5.74, 6) is -0.199. The van der Waals surface area contributed by atoms with Crippen molar-refractivity contribution in [2.45, 2.75) is 389 Å². The van der Waals surface area contributed by atoms with Gasteiger partial charge in [-0.3, -0.25) is 4.79 Å². The summed E-state index contributed by atoms with van der Waals surface area (Å²) in [7, 11) is 0. The molecule has 1 amide bonds. The maximum absolute atomic E-state index is 13.3. The molecule has 2 rings (SSSR count). The Labute approximate surface area is 483 Å². The summed E-state index contributed by atoms with van der Waals surface area (Å²) in [6, 6.07) is -0.822. The Morgan fingerprint density at radius 2 is 0.722 bits per heavy atom. The molecule has 0 aromatic heterocycles. The highest BCUT2D eigenvalue weighted by Gasteiger charge is 2.51. The van der Waals surface area contributed by atoms with E-state index in [4.69, 9.17) is 18.9 Å². The number of aliphatic hydroxyl groups is 8. The van der Waals surface area contributed by atoms with Crippen molar-refractivity contribution in [3.05, 3.63) is 0 Å². The van der Waals surface area contributed by atoms with Crippen LogP contribution >= 0.6 is 0 Å². The van der Waals surface area contributed by atoms with E-state index < -0.39 is 86.8 Å². The summed E-state index contributed by atoms with van der Waals surface area (Å²) in [4.78, 5) is 13.3. The van der Waals surface area contributed by atoms with E-state index in [0.717, 1.165) is 51.4 Å². The van der Waals surface area contributed by atoms with Crippen molar-refractivity contribution in [1.29, 1.82) is 0 Å². The highest BCUT2D eigenvalue weighted by molar-refractivity contribution is 5.76. The van der Waals surface area contributed by atoms with Crippen molar-refractivity contribution in [3.63, 3.8) is 0 Å². The van der Waals surface area contributed by atoms with Crippen LogP contribution < -0.4 is 5.32 Å². The van der Waals surface area contributed by atoms with Crippen LogP contribution in [0, 0.1) is 0 Å². The van der Waals surface area contributed by atoms with Gasteiger partial charge in [0.25, 0.3) is 0 Å². The van der Waals surface area contributed by atoms with Crippen LogP contribution in [-0.4, -0.2) is 140 Å². The van der Waals surface area contributed by atoms with E-state index in [1.165, 1.54) is 238 Å². The first-order valence-electron chi connectivity index (χ1n) is 33.8. The summed E-state index contributed by atoms with van der Waals surface area (Å²) in [6.07, 6.45) is 42.8. The number of aliphatic hydroxyl groups excluding tert-OH is 8. The van der Waals surface area contributed by atoms with Crippen LogP contribution in [0.1, 0.15) is 316 Å². The maximum Gasteiger partial charge on any atom is 0.220 e. The third-order valence-corrected chi connectivity index (χ3v) is 17.1. The molecule has 0 aromatic rings. The highest BCUT2D eigenvalue weighted by Crippen LogP contribution is 2.30. The number of unbranched alkanes of at least 4 members (excludes halogenated alkanes) is 43. The van der Waals surface area contributed by atoms with Crippen LogP contribution in [-0.2, 0) is 23.7 Å². The number of hydrogen-bond acceptors (Lipinski definition) is 13. The Hall–Kier alpha value is -1.01. The van der Waals surface area contributed by atoms with E-state index in [-0.39, 0.29) is 12.5 Å². The van der Waals surface area contributed by atoms with E-state index in [1.807, 2.05) is 0 Å². The molecule has 12 unspecified atom stereocenters. The van der Waals surface area contributed by atoms with Gasteiger partial charge >= 0.3 is 0 Å². The SMILES string of the molecule is CCCCCCCCCCCCCCCCCCCCCCCCCCCCCCCCCCC(=O)NC(COC1OC(CO)C(OC2OC(CO)C(O)C(O)C2O)C(O)C1O)C(O)CCCCCCCCCCCCCCC. The number of carbonyl (C=O) groups excluding carboxylic acids is 1. The number of hydrogen-bond donors (Lipinski definition) is 9. The molecule has 2 heterocycles. The number of rotatable bonds is 56. The third kappa shape index (κ3) is 36.4. The standard InChI is InChI=1S/C65H127NO13/c1-3-5-7-9-11-13-15-17-18-19-20-21-22-23-24-25-26-27-28-29-30-31-32-33-34-35-37-39-41-43-45-47-49-57(70)66-53(54(69)48-46-44-42-40-38-36-16-14-12-10-8-6-4-2)52-76-64-62(75)60(73)63(56(51-68)78-64)79-65-61(74)59(72)58(71)55(50-67)77-65/h53-56,58-65,67-69,71-75H,3-52H2,1-2H3,(H,66,70). The second kappa shape index (κ2) is 51.4. The molecule has 2 saturated heterocycles. The number of amides is 1. The van der Waals surface area contributed by atoms with Crippen molar-refractivity contribution >= 4 is 5.91 Å². The Bertz CT molecular complexity index is 1330. The molecule has 0 aliphatic carbocycles. The predicted molar refractivity (Wildman–Crippen MR) is 319 cm³/mol. The molecule has 2 aliphatic heterocycles. The number of ether oxygens (including phenoxy) is 4. The van der Waals surface area contributed by atoms with Gasteiger partial charge in [-0.1, -0.05) is 296 Å². The fraction of sp³-hybridized carbons (Fsp3) is 0.985. The van der Waals surface area contributed by atoms with Gasteiger partial charge in [-0.05, 0) is 12.8 Å². The molecule has 0 saturated carbocycles. The molecular formula is C65H127NO13. The van der Waals surface area contributed by atoms with E-state index in [9.17, 15) is 45.6 Å². The van der Waals surface area contributed by atoms with Gasteiger partial charge in [-0.15, -0.1) is 0 Å². The van der Waals surface area contributed by atoms with Crippen LogP contribution in [0.4, 0.5) is 0 Å². The minimum absolute atomic E-state index is 0.199. The van der Waals surface area contributed by atoms with Gasteiger partial charge in [0.15, 0.2) is 12.6 Å². The molecule has 470 valence electrons. The van der Waals surface area contributed by atoms with E-state index >= 15 is 0 Å². The molecule has 0 radical (unpaired) electrons. The van der Waals surface area contributed by atoms with Crippen LogP contribution in [0.2, 0.25) is 0 Å². The molecule has 14 heteroatoms. The molecule has 9 N–H and O–H groups in total. The zero-order valence-electron chi connectivity index (χ0n) is 50.9. The smallest absolute Gasteiger partial charge is 0.220 e. The second-order valence-electron chi connectivity index (χ2n) is 24.3. The summed E-state index contributed by atoms with van der Waals surface area (Å²) >= 11 is 0. The summed E-state index contributed by atoms with van der Waals surface area (Å²) in [5.41, 5.74) is 0. The van der Waals surface area contributed by atoms with Crippen LogP contribution in [0.3, 0.4) is 0 Å². The van der Waals surface area contributed by atoms with Crippen LogP contribution in [0.5, 0.6) is 0 Å². The number of nitrogens with one attached hydrogen (secondary N) is 1. The molecular weight excluding hydrogens is 1000 g/mol. The first kappa shape index (κ1) is 74.1. The quantitative estimate of drug-likeness (QED) is 0.0259. The largest absolute Gasteiger partial charge is 0.394 e. The minimum Gasteiger partial charge on any atom is -0.394 e. The zero-order valence-corrected chi connectivity index (χ0v) is 50.9. The predicted octanol–water partition coefficient (Wildman–Crippen LogP) is 12.8. The zero-order chi connectivity index (χ0) is 57.4. The second-order valence-corrected chi connectivity index (χ2v) is 24.3. The van der Waals surface area contributed by atoms with E-state index in [2.05, 4.69) is 19.2 Å². The average molecular weight is 1130 g/mol.